The van der Waals surface area contributed by atoms with E-state index in [1.54, 1.807) is 49.7 Å². The van der Waals surface area contributed by atoms with Crippen molar-refractivity contribution in [2.75, 3.05) is 13.4 Å². The van der Waals surface area contributed by atoms with E-state index < -0.39 is 10.0 Å². The van der Waals surface area contributed by atoms with Crippen LogP contribution in [0.25, 0.3) is 0 Å². The first-order valence-electron chi connectivity index (χ1n) is 6.18. The van der Waals surface area contributed by atoms with Crippen molar-refractivity contribution in [3.8, 4) is 17.4 Å². The molecule has 1 N–H and O–H groups in total. The van der Waals surface area contributed by atoms with Gasteiger partial charge in [0.1, 0.15) is 11.5 Å². The highest BCUT2D eigenvalue weighted by Crippen LogP contribution is 2.22. The van der Waals surface area contributed by atoms with Gasteiger partial charge in [0.15, 0.2) is 0 Å². The third kappa shape index (κ3) is 5.05. The van der Waals surface area contributed by atoms with Crippen LogP contribution in [0.5, 0.6) is 17.4 Å². The fraction of sp³-hybridized carbons (Fsp3) is 0.214. The number of pyridine rings is 1. The van der Waals surface area contributed by atoms with E-state index in [0.717, 1.165) is 17.6 Å². The summed E-state index contributed by atoms with van der Waals surface area (Å²) in [5, 5.41) is 0. The quantitative estimate of drug-likeness (QED) is 0.882. The third-order valence-electron chi connectivity index (χ3n) is 2.62. The van der Waals surface area contributed by atoms with E-state index >= 15 is 0 Å². The predicted octanol–water partition coefficient (Wildman–Crippen LogP) is 1.93. The van der Waals surface area contributed by atoms with Crippen LogP contribution in [0.2, 0.25) is 0 Å². The summed E-state index contributed by atoms with van der Waals surface area (Å²) in [5.41, 5.74) is 0.752. The Balaban J connectivity index is 1.98. The lowest BCUT2D eigenvalue weighted by Crippen LogP contribution is -2.21. The maximum atomic E-state index is 11.0. The summed E-state index contributed by atoms with van der Waals surface area (Å²) < 4.78 is 35.0. The molecular weight excluding hydrogens is 292 g/mol. The van der Waals surface area contributed by atoms with E-state index in [1.807, 2.05) is 0 Å². The number of hydrogen-bond donors (Lipinski definition) is 1. The maximum Gasteiger partial charge on any atom is 0.219 e. The Morgan fingerprint density at radius 2 is 1.76 bits per heavy atom. The molecule has 21 heavy (non-hydrogen) atoms. The van der Waals surface area contributed by atoms with Gasteiger partial charge in [0.05, 0.1) is 13.4 Å². The average Bonchev–Trinajstić information content (AvgIpc) is 2.46. The van der Waals surface area contributed by atoms with Crippen LogP contribution in [0, 0.1) is 0 Å². The number of hydrogen-bond acceptors (Lipinski definition) is 5. The number of sulfonamides is 1. The van der Waals surface area contributed by atoms with Crippen molar-refractivity contribution in [1.29, 1.82) is 0 Å². The van der Waals surface area contributed by atoms with E-state index in [2.05, 4.69) is 9.71 Å². The first kappa shape index (κ1) is 15.3. The van der Waals surface area contributed by atoms with Crippen molar-refractivity contribution in [1.82, 2.24) is 9.71 Å². The normalized spacial score (nSPS) is 11.1. The molecular formula is C14H16N2O4S. The highest BCUT2D eigenvalue weighted by atomic mass is 32.2. The summed E-state index contributed by atoms with van der Waals surface area (Å²) in [6, 6.07) is 10.6. The fourth-order valence-electron chi connectivity index (χ4n) is 1.55. The smallest absolute Gasteiger partial charge is 0.219 e. The van der Waals surface area contributed by atoms with Gasteiger partial charge in [0.2, 0.25) is 15.9 Å². The minimum atomic E-state index is -3.21. The van der Waals surface area contributed by atoms with E-state index in [9.17, 15) is 8.42 Å². The lowest BCUT2D eigenvalue weighted by Gasteiger charge is -2.07. The molecule has 0 aliphatic rings. The molecule has 0 atom stereocenters. The van der Waals surface area contributed by atoms with Gasteiger partial charge in [-0.05, 0) is 29.8 Å². The van der Waals surface area contributed by atoms with Crippen molar-refractivity contribution in [3.05, 3.63) is 48.2 Å². The molecule has 6 nitrogen and oxygen atoms in total. The Bertz CT molecular complexity index is 682. The molecule has 0 saturated heterocycles. The van der Waals surface area contributed by atoms with Gasteiger partial charge in [0.25, 0.3) is 0 Å². The minimum absolute atomic E-state index is 0.203. The average molecular weight is 308 g/mol. The van der Waals surface area contributed by atoms with Crippen molar-refractivity contribution >= 4 is 10.0 Å². The summed E-state index contributed by atoms with van der Waals surface area (Å²) in [5.74, 6) is 1.83. The summed E-state index contributed by atoms with van der Waals surface area (Å²) in [6.07, 6.45) is 2.68. The minimum Gasteiger partial charge on any atom is -0.497 e. The molecule has 0 aliphatic carbocycles. The van der Waals surface area contributed by atoms with Crippen molar-refractivity contribution in [2.45, 2.75) is 6.54 Å². The summed E-state index contributed by atoms with van der Waals surface area (Å²) in [7, 11) is -1.61. The second-order valence-corrected chi connectivity index (χ2v) is 6.21. The lowest BCUT2D eigenvalue weighted by atomic mass is 10.3. The number of methoxy groups -OCH3 is 1. The van der Waals surface area contributed by atoms with Gasteiger partial charge in [-0.2, -0.15) is 0 Å². The summed E-state index contributed by atoms with van der Waals surface area (Å²) in [6.45, 7) is 0.203. The molecule has 2 aromatic rings. The standard InChI is InChI=1S/C14H16N2O4S/c1-19-12-4-6-13(7-5-12)20-14-8-3-11(9-15-14)10-16-21(2,17)18/h3-9,16H,10H2,1-2H3. The summed E-state index contributed by atoms with van der Waals surface area (Å²) in [4.78, 5) is 4.13. The molecule has 7 heteroatoms. The molecule has 0 amide bonds. The van der Waals surface area contributed by atoms with Gasteiger partial charge < -0.3 is 9.47 Å². The van der Waals surface area contributed by atoms with Gasteiger partial charge in [-0.25, -0.2) is 18.1 Å². The van der Waals surface area contributed by atoms with Gasteiger partial charge in [-0.1, -0.05) is 6.07 Å². The highest BCUT2D eigenvalue weighted by molar-refractivity contribution is 7.88. The van der Waals surface area contributed by atoms with Gasteiger partial charge in [-0.3, -0.25) is 0 Å². The first-order chi connectivity index (χ1) is 9.96. The van der Waals surface area contributed by atoms with E-state index in [4.69, 9.17) is 9.47 Å². The molecule has 0 aliphatic heterocycles. The van der Waals surface area contributed by atoms with Crippen LogP contribution in [0.1, 0.15) is 5.56 Å². The number of nitrogens with zero attached hydrogens (tertiary/aromatic N) is 1. The van der Waals surface area contributed by atoms with E-state index in [1.165, 1.54) is 0 Å². The number of ether oxygens (including phenoxy) is 2. The largest absolute Gasteiger partial charge is 0.497 e. The molecule has 0 bridgehead atoms. The number of aromatic nitrogens is 1. The van der Waals surface area contributed by atoms with Crippen LogP contribution >= 0.6 is 0 Å². The molecule has 0 radical (unpaired) electrons. The van der Waals surface area contributed by atoms with Gasteiger partial charge in [-0.15, -0.1) is 0 Å². The van der Waals surface area contributed by atoms with Crippen molar-refractivity contribution in [2.24, 2.45) is 0 Å². The molecule has 1 aromatic carbocycles. The van der Waals surface area contributed by atoms with Crippen LogP contribution < -0.4 is 14.2 Å². The summed E-state index contributed by atoms with van der Waals surface area (Å²) >= 11 is 0. The van der Waals surface area contributed by atoms with Crippen LogP contribution in [0.3, 0.4) is 0 Å². The Hall–Kier alpha value is -2.12. The zero-order valence-corrected chi connectivity index (χ0v) is 12.6. The topological polar surface area (TPSA) is 77.5 Å². The van der Waals surface area contributed by atoms with Crippen LogP contribution in [-0.4, -0.2) is 26.8 Å². The SMILES string of the molecule is COc1ccc(Oc2ccc(CNS(C)(=O)=O)cn2)cc1. The van der Waals surface area contributed by atoms with E-state index in [-0.39, 0.29) is 6.54 Å². The highest BCUT2D eigenvalue weighted by Gasteiger charge is 2.03. The van der Waals surface area contributed by atoms with Gasteiger partial charge >= 0.3 is 0 Å². The number of nitrogens with one attached hydrogen (secondary N) is 1. The Morgan fingerprint density at radius 3 is 2.29 bits per heavy atom. The first-order valence-corrected chi connectivity index (χ1v) is 8.07. The number of benzene rings is 1. The number of rotatable bonds is 6. The van der Waals surface area contributed by atoms with E-state index in [0.29, 0.717) is 11.6 Å². The molecule has 1 aromatic heterocycles. The van der Waals surface area contributed by atoms with Crippen LogP contribution in [0.4, 0.5) is 0 Å². The van der Waals surface area contributed by atoms with Crippen molar-refractivity contribution in [3.63, 3.8) is 0 Å². The van der Waals surface area contributed by atoms with Crippen LogP contribution in [-0.2, 0) is 16.6 Å². The molecule has 0 fully saturated rings. The molecule has 2 rings (SSSR count). The zero-order chi connectivity index (χ0) is 15.3. The lowest BCUT2D eigenvalue weighted by molar-refractivity contribution is 0.412. The Labute approximate surface area is 123 Å². The van der Waals surface area contributed by atoms with Crippen molar-refractivity contribution < 1.29 is 17.9 Å². The molecule has 112 valence electrons. The third-order valence-corrected chi connectivity index (χ3v) is 3.29. The maximum absolute atomic E-state index is 11.0. The second kappa shape index (κ2) is 6.55. The van der Waals surface area contributed by atoms with Crippen LogP contribution in [0.15, 0.2) is 42.6 Å². The molecule has 0 unspecified atom stereocenters. The zero-order valence-electron chi connectivity index (χ0n) is 11.7. The predicted molar refractivity (Wildman–Crippen MR) is 79.0 cm³/mol. The fourth-order valence-corrected chi connectivity index (χ4v) is 1.98. The monoisotopic (exact) mass is 308 g/mol. The van der Waals surface area contributed by atoms with Gasteiger partial charge in [0, 0.05) is 18.8 Å². The molecule has 0 spiro atoms. The molecule has 1 heterocycles. The Kier molecular flexibility index (Phi) is 4.77. The second-order valence-electron chi connectivity index (χ2n) is 4.38. The molecule has 0 saturated carbocycles. The Morgan fingerprint density at radius 1 is 1.10 bits per heavy atom.